The monoisotopic (exact) mass is 474 g/mol. The van der Waals surface area contributed by atoms with Gasteiger partial charge in [0.25, 0.3) is 0 Å². The zero-order valence-corrected chi connectivity index (χ0v) is 21.8. The van der Waals surface area contributed by atoms with E-state index in [1.54, 1.807) is 0 Å². The zero-order chi connectivity index (χ0) is 24.7. The van der Waals surface area contributed by atoms with E-state index in [-0.39, 0.29) is 35.7 Å². The molecule has 0 aromatic heterocycles. The largest absolute Gasteiger partial charge is 0.354 e. The molecule has 3 fully saturated rings. The van der Waals surface area contributed by atoms with Gasteiger partial charge in [0.05, 0.1) is 6.04 Å². The highest BCUT2D eigenvalue weighted by molar-refractivity contribution is 5.95. The van der Waals surface area contributed by atoms with Gasteiger partial charge in [-0.2, -0.15) is 0 Å². The summed E-state index contributed by atoms with van der Waals surface area (Å²) in [6.45, 7) is 9.08. The maximum atomic E-state index is 13.6. The molecule has 0 radical (unpaired) electrons. The molecule has 2 aliphatic carbocycles. The lowest BCUT2D eigenvalue weighted by Crippen LogP contribution is -2.51. The van der Waals surface area contributed by atoms with Gasteiger partial charge in [0.1, 0.15) is 12.1 Å². The van der Waals surface area contributed by atoms with Crippen LogP contribution in [0.4, 0.5) is 0 Å². The lowest BCUT2D eigenvalue weighted by Gasteiger charge is -2.32. The van der Waals surface area contributed by atoms with Crippen molar-refractivity contribution in [1.82, 2.24) is 15.5 Å². The van der Waals surface area contributed by atoms with Crippen LogP contribution in [0.25, 0.3) is 0 Å². The molecule has 0 spiro atoms. The SMILES string of the molecule is CCCCNC(=O)C1C2CCCC2CN1C(=O)C(C)N=C(C)C(NC(=O)CC)C1CCCCC1. The van der Waals surface area contributed by atoms with Crippen LogP contribution >= 0.6 is 0 Å². The van der Waals surface area contributed by atoms with E-state index in [9.17, 15) is 14.4 Å². The molecule has 34 heavy (non-hydrogen) atoms. The minimum Gasteiger partial charge on any atom is -0.354 e. The van der Waals surface area contributed by atoms with E-state index in [0.717, 1.165) is 50.7 Å². The summed E-state index contributed by atoms with van der Waals surface area (Å²) in [6, 6.07) is -1.05. The first-order chi connectivity index (χ1) is 16.4. The number of nitrogens with zero attached hydrogens (tertiary/aromatic N) is 2. The van der Waals surface area contributed by atoms with Gasteiger partial charge < -0.3 is 15.5 Å². The number of unbranched alkanes of at least 4 members (excludes halogenated alkanes) is 1. The van der Waals surface area contributed by atoms with Crippen molar-refractivity contribution in [2.75, 3.05) is 13.1 Å². The molecule has 7 nitrogen and oxygen atoms in total. The van der Waals surface area contributed by atoms with Crippen molar-refractivity contribution < 1.29 is 14.4 Å². The number of amides is 3. The average Bonchev–Trinajstić information content (AvgIpc) is 3.43. The Morgan fingerprint density at radius 3 is 2.44 bits per heavy atom. The zero-order valence-electron chi connectivity index (χ0n) is 21.8. The number of carbonyl (C=O) groups is 3. The Morgan fingerprint density at radius 2 is 1.76 bits per heavy atom. The normalized spacial score (nSPS) is 27.2. The molecule has 3 amide bonds. The highest BCUT2D eigenvalue weighted by Crippen LogP contribution is 2.42. The second kappa shape index (κ2) is 12.7. The molecule has 0 aromatic rings. The summed E-state index contributed by atoms with van der Waals surface area (Å²) in [5.41, 5.74) is 0.831. The van der Waals surface area contributed by atoms with Gasteiger partial charge in [-0.3, -0.25) is 19.4 Å². The van der Waals surface area contributed by atoms with Crippen molar-refractivity contribution >= 4 is 23.4 Å². The molecule has 3 rings (SSSR count). The van der Waals surface area contributed by atoms with Crippen LogP contribution in [0.15, 0.2) is 4.99 Å². The topological polar surface area (TPSA) is 90.9 Å². The summed E-state index contributed by atoms with van der Waals surface area (Å²) in [4.78, 5) is 45.6. The lowest BCUT2D eigenvalue weighted by molar-refractivity contribution is -0.140. The number of carbonyl (C=O) groups excluding carboxylic acids is 3. The van der Waals surface area contributed by atoms with Crippen molar-refractivity contribution in [1.29, 1.82) is 0 Å². The van der Waals surface area contributed by atoms with E-state index in [0.29, 0.717) is 31.3 Å². The summed E-state index contributed by atoms with van der Waals surface area (Å²) < 4.78 is 0. The minimum absolute atomic E-state index is 0.000562. The van der Waals surface area contributed by atoms with Crippen LogP contribution in [0.5, 0.6) is 0 Å². The van der Waals surface area contributed by atoms with Gasteiger partial charge in [-0.15, -0.1) is 0 Å². The van der Waals surface area contributed by atoms with Crippen LogP contribution in [0.2, 0.25) is 0 Å². The van der Waals surface area contributed by atoms with E-state index in [1.165, 1.54) is 19.3 Å². The number of likely N-dealkylation sites (tertiary alicyclic amines) is 1. The van der Waals surface area contributed by atoms with Crippen molar-refractivity contribution in [3.05, 3.63) is 0 Å². The second-order valence-corrected chi connectivity index (χ2v) is 10.7. The van der Waals surface area contributed by atoms with Gasteiger partial charge in [0, 0.05) is 25.2 Å². The number of nitrogens with one attached hydrogen (secondary N) is 2. The van der Waals surface area contributed by atoms with Crippen molar-refractivity contribution in [3.63, 3.8) is 0 Å². The third kappa shape index (κ3) is 6.39. The molecule has 2 N–H and O–H groups in total. The van der Waals surface area contributed by atoms with Gasteiger partial charge in [0.15, 0.2) is 0 Å². The molecule has 5 atom stereocenters. The third-order valence-corrected chi connectivity index (χ3v) is 8.24. The van der Waals surface area contributed by atoms with Gasteiger partial charge >= 0.3 is 0 Å². The fourth-order valence-corrected chi connectivity index (χ4v) is 6.35. The number of fused-ring (bicyclic) bond motifs is 1. The number of rotatable bonds is 10. The maximum Gasteiger partial charge on any atom is 0.247 e. The average molecular weight is 475 g/mol. The third-order valence-electron chi connectivity index (χ3n) is 8.24. The van der Waals surface area contributed by atoms with E-state index in [4.69, 9.17) is 4.99 Å². The first-order valence-corrected chi connectivity index (χ1v) is 13.8. The lowest BCUT2D eigenvalue weighted by atomic mass is 9.82. The predicted molar refractivity (Wildman–Crippen MR) is 136 cm³/mol. The summed E-state index contributed by atoms with van der Waals surface area (Å²) in [6.07, 6.45) is 11.4. The molecule has 5 unspecified atom stereocenters. The van der Waals surface area contributed by atoms with Gasteiger partial charge in [-0.1, -0.05) is 46.0 Å². The molecule has 1 aliphatic heterocycles. The fourth-order valence-electron chi connectivity index (χ4n) is 6.35. The molecule has 3 aliphatic rings. The van der Waals surface area contributed by atoms with Gasteiger partial charge in [0.2, 0.25) is 17.7 Å². The number of aliphatic imine (C=N–C) groups is 1. The maximum absolute atomic E-state index is 13.6. The van der Waals surface area contributed by atoms with Crippen LogP contribution in [-0.4, -0.2) is 59.5 Å². The van der Waals surface area contributed by atoms with Crippen LogP contribution < -0.4 is 10.6 Å². The van der Waals surface area contributed by atoms with E-state index in [2.05, 4.69) is 17.6 Å². The summed E-state index contributed by atoms with van der Waals surface area (Å²) in [5.74, 6) is 1.02. The van der Waals surface area contributed by atoms with Gasteiger partial charge in [-0.05, 0) is 63.7 Å². The van der Waals surface area contributed by atoms with Crippen molar-refractivity contribution in [2.45, 2.75) is 116 Å². The number of hydrogen-bond acceptors (Lipinski definition) is 4. The molecule has 1 heterocycles. The Morgan fingerprint density at radius 1 is 1.03 bits per heavy atom. The second-order valence-electron chi connectivity index (χ2n) is 10.7. The highest BCUT2D eigenvalue weighted by atomic mass is 16.2. The Kier molecular flexibility index (Phi) is 9.96. The molecule has 7 heteroatoms. The first kappa shape index (κ1) is 26.7. The molecule has 2 saturated carbocycles. The fraction of sp³-hybridized carbons (Fsp3) is 0.852. The number of hydrogen-bond donors (Lipinski definition) is 2. The highest BCUT2D eigenvalue weighted by Gasteiger charge is 2.49. The van der Waals surface area contributed by atoms with Crippen LogP contribution in [0.3, 0.4) is 0 Å². The smallest absolute Gasteiger partial charge is 0.247 e. The summed E-state index contributed by atoms with van der Waals surface area (Å²) in [5, 5.41) is 6.26. The van der Waals surface area contributed by atoms with Crippen LogP contribution in [-0.2, 0) is 14.4 Å². The Labute approximate surface area is 205 Å². The standard InChI is InChI=1S/C27H46N4O3/c1-5-7-16-28-26(33)25-22-15-11-14-21(22)17-31(25)27(34)19(4)29-18(3)24(30-23(32)6-2)20-12-9-8-10-13-20/h19-22,24-25H,5-17H2,1-4H3,(H,28,33)(H,30,32). The van der Waals surface area contributed by atoms with E-state index < -0.39 is 6.04 Å². The van der Waals surface area contributed by atoms with Crippen LogP contribution in [0.1, 0.15) is 98.3 Å². The van der Waals surface area contributed by atoms with Crippen LogP contribution in [0, 0.1) is 17.8 Å². The quantitative estimate of drug-likeness (QED) is 0.372. The van der Waals surface area contributed by atoms with Crippen molar-refractivity contribution in [2.24, 2.45) is 22.7 Å². The molecule has 0 bridgehead atoms. The van der Waals surface area contributed by atoms with E-state index in [1.807, 2.05) is 25.7 Å². The Hall–Kier alpha value is -1.92. The molecular formula is C27H46N4O3. The van der Waals surface area contributed by atoms with Crippen molar-refractivity contribution in [3.8, 4) is 0 Å². The molecule has 1 saturated heterocycles. The summed E-state index contributed by atoms with van der Waals surface area (Å²) in [7, 11) is 0. The first-order valence-electron chi connectivity index (χ1n) is 13.8. The Balaban J connectivity index is 1.74. The molecule has 192 valence electrons. The summed E-state index contributed by atoms with van der Waals surface area (Å²) >= 11 is 0. The minimum atomic E-state index is -0.561. The van der Waals surface area contributed by atoms with Gasteiger partial charge in [-0.25, -0.2) is 0 Å². The van der Waals surface area contributed by atoms with E-state index >= 15 is 0 Å². The predicted octanol–water partition coefficient (Wildman–Crippen LogP) is 3.85. The molecular weight excluding hydrogens is 428 g/mol. The molecule has 0 aromatic carbocycles. The Bertz CT molecular complexity index is 746.